The number of benzene rings is 1. The molecule has 4 aliphatic rings. The summed E-state index contributed by atoms with van der Waals surface area (Å²) in [6, 6.07) is 7.03. The lowest BCUT2D eigenvalue weighted by Gasteiger charge is -2.38. The molecule has 0 aromatic heterocycles. The summed E-state index contributed by atoms with van der Waals surface area (Å²) in [5.41, 5.74) is 0.722. The third-order valence-corrected chi connectivity index (χ3v) is 9.55. The second kappa shape index (κ2) is 11.0. The summed E-state index contributed by atoms with van der Waals surface area (Å²) >= 11 is 0. The Hall–Kier alpha value is -2.71. The molecule has 1 aliphatic carbocycles. The van der Waals surface area contributed by atoms with Gasteiger partial charge >= 0.3 is 0 Å². The molecule has 212 valence electrons. The van der Waals surface area contributed by atoms with Gasteiger partial charge in [-0.3, -0.25) is 14.4 Å². The predicted octanol–water partition coefficient (Wildman–Crippen LogP) is 3.88. The predicted molar refractivity (Wildman–Crippen MR) is 149 cm³/mol. The minimum atomic E-state index is -1.15. The van der Waals surface area contributed by atoms with Crippen LogP contribution in [0.1, 0.15) is 64.9 Å². The number of hydrogen-bond donors (Lipinski definition) is 2. The van der Waals surface area contributed by atoms with Gasteiger partial charge in [0.15, 0.2) is 0 Å². The van der Waals surface area contributed by atoms with Crippen LogP contribution in [0.4, 0.5) is 5.69 Å². The highest BCUT2D eigenvalue weighted by Gasteiger charge is 2.72. The highest BCUT2D eigenvalue weighted by atomic mass is 16.5. The van der Waals surface area contributed by atoms with E-state index in [0.717, 1.165) is 19.3 Å². The number of ether oxygens (including phenoxy) is 2. The van der Waals surface area contributed by atoms with Crippen LogP contribution >= 0.6 is 0 Å². The first kappa shape index (κ1) is 27.8. The molecule has 2 bridgehead atoms. The number of anilines is 1. The summed E-state index contributed by atoms with van der Waals surface area (Å²) in [5, 5.41) is 6.30. The number of methoxy groups -OCH3 is 1. The van der Waals surface area contributed by atoms with Crippen molar-refractivity contribution in [3.8, 4) is 0 Å². The fourth-order valence-electron chi connectivity index (χ4n) is 7.11. The molecule has 6 unspecified atom stereocenters. The molecule has 3 heterocycles. The number of likely N-dealkylation sites (tertiary alicyclic amines) is 1. The monoisotopic (exact) mass is 537 g/mol. The van der Waals surface area contributed by atoms with E-state index in [1.165, 1.54) is 5.56 Å². The molecule has 2 N–H and O–H groups in total. The van der Waals surface area contributed by atoms with Gasteiger partial charge in [-0.25, -0.2) is 0 Å². The van der Waals surface area contributed by atoms with Crippen molar-refractivity contribution >= 4 is 23.4 Å². The Kier molecular flexibility index (Phi) is 7.89. The van der Waals surface area contributed by atoms with Gasteiger partial charge in [-0.05, 0) is 48.3 Å². The lowest BCUT2D eigenvalue weighted by Crippen LogP contribution is -2.58. The van der Waals surface area contributed by atoms with Crippen LogP contribution < -0.4 is 10.6 Å². The molecular weight excluding hydrogens is 494 g/mol. The molecule has 8 atom stereocenters. The number of carbonyl (C=O) groups is 3. The first-order valence-electron chi connectivity index (χ1n) is 14.6. The van der Waals surface area contributed by atoms with Crippen LogP contribution in [0.25, 0.3) is 0 Å². The molecule has 1 aromatic rings. The van der Waals surface area contributed by atoms with E-state index in [1.54, 1.807) is 12.0 Å². The molecule has 3 fully saturated rings. The number of rotatable bonds is 9. The van der Waals surface area contributed by atoms with Gasteiger partial charge in [0.1, 0.15) is 11.6 Å². The quantitative estimate of drug-likeness (QED) is 0.368. The molecular formula is C31H43N3O5. The van der Waals surface area contributed by atoms with Crippen molar-refractivity contribution in [2.45, 2.75) is 83.1 Å². The number of amides is 3. The third-order valence-electron chi connectivity index (χ3n) is 9.55. The molecule has 5 rings (SSSR count). The Bertz CT molecular complexity index is 1120. The Morgan fingerprint density at radius 3 is 2.59 bits per heavy atom. The zero-order valence-electron chi connectivity index (χ0n) is 23.8. The van der Waals surface area contributed by atoms with Crippen LogP contribution in [0.5, 0.6) is 0 Å². The standard InChI is InChI=1S/C31H43N3O5/c1-18(2)21-10-12-22(13-11-21)32-28(35)25-24-14-15-31(39-24)26(25)30(37)34(16-7-17-38-5)27(31)29(36)33-23-9-6-8-19(3)20(23)4/h10-15,18-20,23-27H,6-9,16-17H2,1-5H3,(H,32,35)(H,33,36)/t19?,20?,23?,24-,25?,26-,27?,31?/m1/s1. The molecule has 0 radical (unpaired) electrons. The van der Waals surface area contributed by atoms with E-state index < -0.39 is 29.6 Å². The van der Waals surface area contributed by atoms with Crippen molar-refractivity contribution in [2.75, 3.05) is 25.6 Å². The van der Waals surface area contributed by atoms with Crippen molar-refractivity contribution in [3.05, 3.63) is 42.0 Å². The Morgan fingerprint density at radius 1 is 1.15 bits per heavy atom. The zero-order valence-corrected chi connectivity index (χ0v) is 23.8. The van der Waals surface area contributed by atoms with Crippen LogP contribution in [-0.2, 0) is 23.9 Å². The van der Waals surface area contributed by atoms with E-state index in [9.17, 15) is 14.4 Å². The average Bonchev–Trinajstić information content (AvgIpc) is 3.55. The van der Waals surface area contributed by atoms with Crippen LogP contribution in [0.2, 0.25) is 0 Å². The van der Waals surface area contributed by atoms with Gasteiger partial charge in [-0.15, -0.1) is 0 Å². The average molecular weight is 538 g/mol. The highest BCUT2D eigenvalue weighted by Crippen LogP contribution is 2.55. The minimum absolute atomic E-state index is 0.0584. The summed E-state index contributed by atoms with van der Waals surface area (Å²) in [4.78, 5) is 43.2. The van der Waals surface area contributed by atoms with Gasteiger partial charge in [0.05, 0.1) is 17.9 Å². The maximum atomic E-state index is 14.0. The topological polar surface area (TPSA) is 97.0 Å². The summed E-state index contributed by atoms with van der Waals surface area (Å²) in [5.74, 6) is -0.821. The van der Waals surface area contributed by atoms with Gasteiger partial charge in [0, 0.05) is 32.0 Å². The van der Waals surface area contributed by atoms with Gasteiger partial charge in [-0.2, -0.15) is 0 Å². The van der Waals surface area contributed by atoms with Crippen molar-refractivity contribution < 1.29 is 23.9 Å². The molecule has 2 saturated heterocycles. The normalized spacial score (nSPS) is 35.0. The molecule has 1 spiro atoms. The fourth-order valence-corrected chi connectivity index (χ4v) is 7.11. The number of nitrogens with zero attached hydrogens (tertiary/aromatic N) is 1. The highest BCUT2D eigenvalue weighted by molar-refractivity contribution is 6.02. The van der Waals surface area contributed by atoms with E-state index in [-0.39, 0.29) is 23.8 Å². The smallest absolute Gasteiger partial charge is 0.246 e. The largest absolute Gasteiger partial charge is 0.385 e. The SMILES string of the molecule is COCCCN1C(=O)[C@H]2C(C(=O)Nc3ccc(C(C)C)cc3)[C@H]3C=CC2(O3)C1C(=O)NC1CCCC(C)C1C. The Morgan fingerprint density at radius 2 is 1.90 bits per heavy atom. The van der Waals surface area contributed by atoms with Crippen LogP contribution in [0, 0.1) is 23.7 Å². The van der Waals surface area contributed by atoms with E-state index >= 15 is 0 Å². The first-order valence-corrected chi connectivity index (χ1v) is 14.6. The summed E-state index contributed by atoms with van der Waals surface area (Å²) < 4.78 is 11.7. The first-order chi connectivity index (χ1) is 18.7. The van der Waals surface area contributed by atoms with Crippen molar-refractivity contribution in [2.24, 2.45) is 23.7 Å². The summed E-state index contributed by atoms with van der Waals surface area (Å²) in [6.45, 7) is 9.51. The number of hydrogen-bond acceptors (Lipinski definition) is 5. The Balaban J connectivity index is 1.40. The van der Waals surface area contributed by atoms with Crippen LogP contribution in [-0.4, -0.2) is 66.7 Å². The molecule has 1 aromatic carbocycles. The number of carbonyl (C=O) groups excluding carboxylic acids is 3. The lowest BCUT2D eigenvalue weighted by atomic mass is 9.73. The molecule has 3 aliphatic heterocycles. The Labute approximate surface area is 231 Å². The van der Waals surface area contributed by atoms with Crippen molar-refractivity contribution in [1.82, 2.24) is 10.2 Å². The maximum absolute atomic E-state index is 14.0. The van der Waals surface area contributed by atoms with E-state index in [0.29, 0.717) is 43.0 Å². The van der Waals surface area contributed by atoms with Crippen LogP contribution in [0.3, 0.4) is 0 Å². The van der Waals surface area contributed by atoms with E-state index in [4.69, 9.17) is 9.47 Å². The van der Waals surface area contributed by atoms with Gasteiger partial charge in [0.25, 0.3) is 0 Å². The molecule has 8 nitrogen and oxygen atoms in total. The van der Waals surface area contributed by atoms with Gasteiger partial charge in [0.2, 0.25) is 17.7 Å². The fraction of sp³-hybridized carbons (Fsp3) is 0.645. The summed E-state index contributed by atoms with van der Waals surface area (Å²) in [6.07, 6.45) is 6.95. The molecule has 1 saturated carbocycles. The lowest BCUT2D eigenvalue weighted by molar-refractivity contribution is -0.141. The minimum Gasteiger partial charge on any atom is -0.385 e. The van der Waals surface area contributed by atoms with E-state index in [2.05, 4.69) is 38.3 Å². The number of fused-ring (bicyclic) bond motifs is 1. The van der Waals surface area contributed by atoms with Crippen molar-refractivity contribution in [1.29, 1.82) is 0 Å². The molecule has 8 heteroatoms. The zero-order chi connectivity index (χ0) is 27.9. The number of nitrogens with one attached hydrogen (secondary N) is 2. The second-order valence-corrected chi connectivity index (χ2v) is 12.2. The van der Waals surface area contributed by atoms with Gasteiger partial charge in [-0.1, -0.05) is 64.8 Å². The molecule has 39 heavy (non-hydrogen) atoms. The van der Waals surface area contributed by atoms with Crippen LogP contribution in [0.15, 0.2) is 36.4 Å². The second-order valence-electron chi connectivity index (χ2n) is 12.2. The van der Waals surface area contributed by atoms with E-state index in [1.807, 2.05) is 36.4 Å². The summed E-state index contributed by atoms with van der Waals surface area (Å²) in [7, 11) is 1.62. The van der Waals surface area contributed by atoms with Crippen molar-refractivity contribution in [3.63, 3.8) is 0 Å². The van der Waals surface area contributed by atoms with Gasteiger partial charge < -0.3 is 25.0 Å². The molecule has 3 amide bonds. The third kappa shape index (κ3) is 4.91. The maximum Gasteiger partial charge on any atom is 0.246 e.